The first-order valence-electron chi connectivity index (χ1n) is 6.14. The van der Waals surface area contributed by atoms with Crippen molar-refractivity contribution in [1.82, 2.24) is 5.32 Å². The van der Waals surface area contributed by atoms with E-state index in [4.69, 9.17) is 5.73 Å². The van der Waals surface area contributed by atoms with Gasteiger partial charge in [0.25, 0.3) is 0 Å². The summed E-state index contributed by atoms with van der Waals surface area (Å²) in [6, 6.07) is 8.04. The second kappa shape index (κ2) is 6.34. The van der Waals surface area contributed by atoms with Crippen LogP contribution in [0.3, 0.4) is 0 Å². The number of hydrogen-bond donors (Lipinski definition) is 2. The van der Waals surface area contributed by atoms with Gasteiger partial charge in [0.15, 0.2) is 0 Å². The summed E-state index contributed by atoms with van der Waals surface area (Å²) in [4.78, 5) is 11.8. The van der Waals surface area contributed by atoms with Crippen LogP contribution >= 0.6 is 15.9 Å². The zero-order valence-corrected chi connectivity index (χ0v) is 12.8. The number of carbonyl (C=O) groups excluding carboxylic acids is 1. The van der Waals surface area contributed by atoms with Crippen LogP contribution in [0.1, 0.15) is 39.2 Å². The monoisotopic (exact) mass is 312 g/mol. The molecule has 3 N–H and O–H groups in total. The maximum atomic E-state index is 11.8. The minimum atomic E-state index is -0.365. The highest BCUT2D eigenvalue weighted by molar-refractivity contribution is 9.10. The first-order valence-corrected chi connectivity index (χ1v) is 6.93. The third-order valence-electron chi connectivity index (χ3n) is 2.84. The lowest BCUT2D eigenvalue weighted by atomic mass is 9.94. The molecule has 0 saturated heterocycles. The summed E-state index contributed by atoms with van der Waals surface area (Å²) in [5, 5.41) is 3.04. The summed E-state index contributed by atoms with van der Waals surface area (Å²) in [6.45, 7) is 5.91. The van der Waals surface area contributed by atoms with Crippen LogP contribution < -0.4 is 11.1 Å². The number of nitrogens with one attached hydrogen (secondary N) is 1. The molecular weight excluding hydrogens is 292 g/mol. The fourth-order valence-corrected chi connectivity index (χ4v) is 1.97. The highest BCUT2D eigenvalue weighted by Crippen LogP contribution is 2.22. The minimum Gasteiger partial charge on any atom is -0.347 e. The van der Waals surface area contributed by atoms with Crippen molar-refractivity contribution in [3.63, 3.8) is 0 Å². The van der Waals surface area contributed by atoms with Crippen LogP contribution in [0.15, 0.2) is 28.7 Å². The Labute approximate surface area is 117 Å². The molecule has 0 heterocycles. The molecule has 0 aliphatic rings. The fourth-order valence-electron chi connectivity index (χ4n) is 1.71. The second-order valence-corrected chi connectivity index (χ2v) is 6.11. The van der Waals surface area contributed by atoms with Gasteiger partial charge in [0, 0.05) is 16.9 Å². The van der Waals surface area contributed by atoms with Crippen molar-refractivity contribution in [2.75, 3.05) is 0 Å². The quantitative estimate of drug-likeness (QED) is 0.878. The number of carbonyl (C=O) groups is 1. The van der Waals surface area contributed by atoms with E-state index >= 15 is 0 Å². The average molecular weight is 313 g/mol. The number of halogens is 1. The van der Waals surface area contributed by atoms with Crippen molar-refractivity contribution < 1.29 is 4.79 Å². The summed E-state index contributed by atoms with van der Waals surface area (Å²) in [5.74, 6) is 0.0419. The molecule has 1 atom stereocenters. The first-order chi connectivity index (χ1) is 8.31. The van der Waals surface area contributed by atoms with Gasteiger partial charge in [0.2, 0.25) is 5.91 Å². The van der Waals surface area contributed by atoms with Crippen molar-refractivity contribution in [2.45, 2.75) is 45.2 Å². The van der Waals surface area contributed by atoms with Crippen LogP contribution in [0.25, 0.3) is 0 Å². The smallest absolute Gasteiger partial charge is 0.220 e. The molecule has 0 radical (unpaired) electrons. The summed E-state index contributed by atoms with van der Waals surface area (Å²) < 4.78 is 1.03. The van der Waals surface area contributed by atoms with Crippen molar-refractivity contribution in [3.8, 4) is 0 Å². The molecule has 0 saturated carbocycles. The molecule has 18 heavy (non-hydrogen) atoms. The molecule has 4 heteroatoms. The van der Waals surface area contributed by atoms with E-state index in [1.807, 2.05) is 45.0 Å². The number of benzene rings is 1. The largest absolute Gasteiger partial charge is 0.347 e. The summed E-state index contributed by atoms with van der Waals surface area (Å²) in [7, 11) is 0. The Bertz CT molecular complexity index is 399. The van der Waals surface area contributed by atoms with Crippen LogP contribution in [-0.2, 0) is 10.3 Å². The van der Waals surface area contributed by atoms with Gasteiger partial charge in [-0.2, -0.15) is 0 Å². The van der Waals surface area contributed by atoms with Crippen LogP contribution in [-0.4, -0.2) is 11.9 Å². The van der Waals surface area contributed by atoms with Gasteiger partial charge in [-0.05, 0) is 44.9 Å². The van der Waals surface area contributed by atoms with Gasteiger partial charge in [0.05, 0.1) is 5.54 Å². The average Bonchev–Trinajstić information content (AvgIpc) is 2.26. The Morgan fingerprint density at radius 3 is 2.44 bits per heavy atom. The molecule has 0 aliphatic carbocycles. The van der Waals surface area contributed by atoms with Crippen molar-refractivity contribution in [2.24, 2.45) is 5.73 Å². The first kappa shape index (κ1) is 15.2. The molecule has 1 aromatic carbocycles. The summed E-state index contributed by atoms with van der Waals surface area (Å²) >= 11 is 3.40. The van der Waals surface area contributed by atoms with E-state index in [-0.39, 0.29) is 17.5 Å². The standard InChI is InChI=1S/C14H21BrN2O/c1-10(16)4-9-13(18)17-14(2,3)11-5-7-12(15)8-6-11/h5-8,10H,4,9,16H2,1-3H3,(H,17,18). The molecule has 1 amide bonds. The van der Waals surface area contributed by atoms with E-state index in [0.29, 0.717) is 12.8 Å². The Morgan fingerprint density at radius 2 is 1.94 bits per heavy atom. The predicted molar refractivity (Wildman–Crippen MR) is 78.2 cm³/mol. The second-order valence-electron chi connectivity index (χ2n) is 5.20. The number of hydrogen-bond acceptors (Lipinski definition) is 2. The Hall–Kier alpha value is -0.870. The maximum absolute atomic E-state index is 11.8. The highest BCUT2D eigenvalue weighted by atomic mass is 79.9. The van der Waals surface area contributed by atoms with E-state index in [1.165, 1.54) is 0 Å². The SMILES string of the molecule is CC(N)CCC(=O)NC(C)(C)c1ccc(Br)cc1. The van der Waals surface area contributed by atoms with E-state index in [9.17, 15) is 4.79 Å². The molecular formula is C14H21BrN2O. The number of nitrogens with two attached hydrogens (primary N) is 1. The normalized spacial score (nSPS) is 13.2. The molecule has 1 unspecified atom stereocenters. The molecule has 100 valence electrons. The van der Waals surface area contributed by atoms with Crippen LogP contribution in [0.5, 0.6) is 0 Å². The van der Waals surface area contributed by atoms with E-state index in [0.717, 1.165) is 10.0 Å². The predicted octanol–water partition coefficient (Wildman–Crippen LogP) is 2.93. The minimum absolute atomic E-state index is 0.0419. The van der Waals surface area contributed by atoms with Crippen molar-refractivity contribution in [3.05, 3.63) is 34.3 Å². The van der Waals surface area contributed by atoms with Crippen molar-refractivity contribution in [1.29, 1.82) is 0 Å². The Balaban J connectivity index is 2.63. The van der Waals surface area contributed by atoms with Crippen LogP contribution in [0.2, 0.25) is 0 Å². The zero-order valence-electron chi connectivity index (χ0n) is 11.2. The lowest BCUT2D eigenvalue weighted by Gasteiger charge is -2.27. The molecule has 3 nitrogen and oxygen atoms in total. The Morgan fingerprint density at radius 1 is 1.39 bits per heavy atom. The molecule has 0 spiro atoms. The van der Waals surface area contributed by atoms with Gasteiger partial charge in [-0.15, -0.1) is 0 Å². The van der Waals surface area contributed by atoms with Crippen LogP contribution in [0, 0.1) is 0 Å². The van der Waals surface area contributed by atoms with Gasteiger partial charge in [-0.3, -0.25) is 4.79 Å². The maximum Gasteiger partial charge on any atom is 0.220 e. The molecule has 0 bridgehead atoms. The summed E-state index contributed by atoms with van der Waals surface area (Å²) in [6.07, 6.45) is 1.18. The lowest BCUT2D eigenvalue weighted by Crippen LogP contribution is -2.41. The van der Waals surface area contributed by atoms with E-state index in [1.54, 1.807) is 0 Å². The highest BCUT2D eigenvalue weighted by Gasteiger charge is 2.22. The van der Waals surface area contributed by atoms with Crippen LogP contribution in [0.4, 0.5) is 0 Å². The van der Waals surface area contributed by atoms with Crippen molar-refractivity contribution >= 4 is 21.8 Å². The molecule has 1 rings (SSSR count). The molecule has 1 aromatic rings. The van der Waals surface area contributed by atoms with Gasteiger partial charge in [0.1, 0.15) is 0 Å². The fraction of sp³-hybridized carbons (Fsp3) is 0.500. The third kappa shape index (κ3) is 4.78. The van der Waals surface area contributed by atoms with Gasteiger partial charge in [-0.25, -0.2) is 0 Å². The van der Waals surface area contributed by atoms with Gasteiger partial charge < -0.3 is 11.1 Å². The molecule has 0 fully saturated rings. The molecule has 0 aliphatic heterocycles. The van der Waals surface area contributed by atoms with E-state index in [2.05, 4.69) is 21.2 Å². The van der Waals surface area contributed by atoms with Gasteiger partial charge >= 0.3 is 0 Å². The topological polar surface area (TPSA) is 55.1 Å². The third-order valence-corrected chi connectivity index (χ3v) is 3.37. The summed E-state index contributed by atoms with van der Waals surface area (Å²) in [5.41, 5.74) is 6.36. The van der Waals surface area contributed by atoms with E-state index < -0.39 is 0 Å². The number of rotatable bonds is 5. The van der Waals surface area contributed by atoms with Gasteiger partial charge in [-0.1, -0.05) is 28.1 Å². The Kier molecular flexibility index (Phi) is 5.35. The lowest BCUT2D eigenvalue weighted by molar-refractivity contribution is -0.122. The molecule has 0 aromatic heterocycles. The zero-order chi connectivity index (χ0) is 13.8. The number of amides is 1.